The van der Waals surface area contributed by atoms with Crippen molar-refractivity contribution in [2.75, 3.05) is 13.7 Å². The highest BCUT2D eigenvalue weighted by molar-refractivity contribution is 7.86. The molecule has 0 fully saturated rings. The van der Waals surface area contributed by atoms with Gasteiger partial charge >= 0.3 is 5.97 Å². The second kappa shape index (κ2) is 5.83. The van der Waals surface area contributed by atoms with Crippen LogP contribution < -0.4 is 0 Å². The molecule has 2 unspecified atom stereocenters. The van der Waals surface area contributed by atoms with Gasteiger partial charge in [0.25, 0.3) is 0 Å². The Kier molecular flexibility index (Phi) is 4.71. The van der Waals surface area contributed by atoms with Crippen molar-refractivity contribution in [1.29, 1.82) is 0 Å². The van der Waals surface area contributed by atoms with Gasteiger partial charge in [0.15, 0.2) is 5.25 Å². The zero-order chi connectivity index (χ0) is 13.0. The Morgan fingerprint density at radius 1 is 1.53 bits per heavy atom. The van der Waals surface area contributed by atoms with Crippen LogP contribution in [0.25, 0.3) is 0 Å². The molecule has 0 aromatic heterocycles. The lowest BCUT2D eigenvalue weighted by atomic mass is 10.3. The van der Waals surface area contributed by atoms with Gasteiger partial charge in [0, 0.05) is 7.11 Å². The van der Waals surface area contributed by atoms with Crippen molar-refractivity contribution in [2.45, 2.75) is 10.1 Å². The number of benzene rings is 1. The van der Waals surface area contributed by atoms with E-state index in [1.54, 1.807) is 0 Å². The number of methoxy groups -OCH3 is 1. The molecule has 2 atom stereocenters. The minimum Gasteiger partial charge on any atom is -0.480 e. The van der Waals surface area contributed by atoms with E-state index in [1.165, 1.54) is 7.11 Å². The Bertz CT molecular complexity index is 450. The summed E-state index contributed by atoms with van der Waals surface area (Å²) in [7, 11) is -0.981. The number of carboxylic acids is 1. The molecule has 4 nitrogen and oxygen atoms in total. The van der Waals surface area contributed by atoms with E-state index in [-0.39, 0.29) is 6.61 Å². The lowest BCUT2D eigenvalue weighted by Crippen LogP contribution is -2.30. The van der Waals surface area contributed by atoms with Gasteiger partial charge in [-0.15, -0.1) is 0 Å². The van der Waals surface area contributed by atoms with E-state index in [0.717, 1.165) is 18.2 Å². The van der Waals surface area contributed by atoms with Crippen LogP contribution in [0.5, 0.6) is 0 Å². The molecule has 0 saturated carbocycles. The molecule has 0 bridgehead atoms. The van der Waals surface area contributed by atoms with E-state index in [9.17, 15) is 17.8 Å². The summed E-state index contributed by atoms with van der Waals surface area (Å²) in [6.07, 6.45) is 0. The molecule has 94 valence electrons. The van der Waals surface area contributed by atoms with E-state index >= 15 is 0 Å². The highest BCUT2D eigenvalue weighted by Crippen LogP contribution is 2.17. The third-order valence-electron chi connectivity index (χ3n) is 1.96. The van der Waals surface area contributed by atoms with Crippen LogP contribution in [-0.2, 0) is 20.3 Å². The summed E-state index contributed by atoms with van der Waals surface area (Å²) in [5.74, 6) is -3.09. The second-order valence-electron chi connectivity index (χ2n) is 3.15. The van der Waals surface area contributed by atoms with E-state index in [2.05, 4.69) is 4.74 Å². The molecule has 0 amide bonds. The summed E-state index contributed by atoms with van der Waals surface area (Å²) in [4.78, 5) is 10.3. The molecule has 0 aliphatic heterocycles. The van der Waals surface area contributed by atoms with Crippen molar-refractivity contribution in [1.82, 2.24) is 0 Å². The molecule has 1 rings (SSSR count). The van der Waals surface area contributed by atoms with Gasteiger partial charge in [0.1, 0.15) is 11.6 Å². The molecular weight excluding hydrogens is 254 g/mol. The molecule has 0 radical (unpaired) electrons. The number of halogens is 2. The standard InChI is InChI=1S/C10H10F2O4S/c1-16-5-9(10(13)14)17(15)8-4-6(11)2-3-7(8)12/h2-4,9H,5H2,1H3,(H,13,14). The summed E-state index contributed by atoms with van der Waals surface area (Å²) in [6, 6.07) is 2.38. The number of hydrogen-bond donors (Lipinski definition) is 1. The normalized spacial score (nSPS) is 14.3. The summed E-state index contributed by atoms with van der Waals surface area (Å²) in [5.41, 5.74) is 0. The first-order valence-electron chi connectivity index (χ1n) is 4.54. The van der Waals surface area contributed by atoms with Crippen molar-refractivity contribution >= 4 is 16.8 Å². The van der Waals surface area contributed by atoms with Crippen LogP contribution in [0.1, 0.15) is 0 Å². The van der Waals surface area contributed by atoms with Crippen molar-refractivity contribution in [3.8, 4) is 0 Å². The number of aliphatic carboxylic acids is 1. The van der Waals surface area contributed by atoms with E-state index in [1.807, 2.05) is 0 Å². The van der Waals surface area contributed by atoms with Gasteiger partial charge < -0.3 is 9.84 Å². The van der Waals surface area contributed by atoms with Crippen molar-refractivity contribution in [3.05, 3.63) is 29.8 Å². The molecule has 0 spiro atoms. The Labute approximate surface area is 98.7 Å². The first kappa shape index (κ1) is 13.7. The predicted molar refractivity (Wildman–Crippen MR) is 56.1 cm³/mol. The highest BCUT2D eigenvalue weighted by atomic mass is 32.2. The van der Waals surface area contributed by atoms with E-state index in [0.29, 0.717) is 0 Å². The van der Waals surface area contributed by atoms with Gasteiger partial charge in [-0.25, -0.2) is 8.78 Å². The lowest BCUT2D eigenvalue weighted by molar-refractivity contribution is -0.137. The maximum atomic E-state index is 13.3. The van der Waals surface area contributed by atoms with Gasteiger partial charge in [-0.3, -0.25) is 9.00 Å². The van der Waals surface area contributed by atoms with Gasteiger partial charge in [-0.1, -0.05) is 0 Å². The Hall–Kier alpha value is -1.34. The molecule has 17 heavy (non-hydrogen) atoms. The third kappa shape index (κ3) is 3.31. The van der Waals surface area contributed by atoms with Crippen LogP contribution in [-0.4, -0.2) is 34.3 Å². The Morgan fingerprint density at radius 2 is 2.18 bits per heavy atom. The molecule has 1 aromatic carbocycles. The molecule has 0 aliphatic rings. The van der Waals surface area contributed by atoms with Gasteiger partial charge in [0.2, 0.25) is 0 Å². The first-order valence-corrected chi connectivity index (χ1v) is 5.76. The number of carbonyl (C=O) groups is 1. The SMILES string of the molecule is COCC(C(=O)O)S(=O)c1cc(F)ccc1F. The zero-order valence-corrected chi connectivity index (χ0v) is 9.67. The maximum absolute atomic E-state index is 13.3. The minimum absolute atomic E-state index is 0.349. The van der Waals surface area contributed by atoms with Crippen LogP contribution in [0.2, 0.25) is 0 Å². The minimum atomic E-state index is -2.21. The van der Waals surface area contributed by atoms with Crippen LogP contribution in [0.15, 0.2) is 23.1 Å². The molecular formula is C10H10F2O4S. The number of ether oxygens (including phenoxy) is 1. The molecule has 0 heterocycles. The Balaban J connectivity index is 3.09. The topological polar surface area (TPSA) is 63.6 Å². The second-order valence-corrected chi connectivity index (χ2v) is 4.76. The fraction of sp³-hybridized carbons (Fsp3) is 0.300. The summed E-state index contributed by atoms with van der Waals surface area (Å²) in [5, 5.41) is 7.37. The average Bonchev–Trinajstić information content (AvgIpc) is 2.28. The van der Waals surface area contributed by atoms with Crippen LogP contribution in [0.4, 0.5) is 8.78 Å². The largest absolute Gasteiger partial charge is 0.480 e. The monoisotopic (exact) mass is 264 g/mol. The summed E-state index contributed by atoms with van der Waals surface area (Å²) >= 11 is 0. The smallest absolute Gasteiger partial charge is 0.322 e. The van der Waals surface area contributed by atoms with E-state index in [4.69, 9.17) is 5.11 Å². The third-order valence-corrected chi connectivity index (χ3v) is 3.56. The van der Waals surface area contributed by atoms with Crippen molar-refractivity contribution in [3.63, 3.8) is 0 Å². The number of rotatable bonds is 5. The lowest BCUT2D eigenvalue weighted by Gasteiger charge is -2.11. The summed E-state index contributed by atoms with van der Waals surface area (Å²) in [6.45, 7) is -0.349. The molecule has 1 aromatic rings. The maximum Gasteiger partial charge on any atom is 0.322 e. The Morgan fingerprint density at radius 3 is 2.71 bits per heavy atom. The zero-order valence-electron chi connectivity index (χ0n) is 8.85. The fourth-order valence-corrected chi connectivity index (χ4v) is 2.40. The van der Waals surface area contributed by atoms with Crippen LogP contribution >= 0.6 is 0 Å². The van der Waals surface area contributed by atoms with Gasteiger partial charge in [-0.2, -0.15) is 0 Å². The quantitative estimate of drug-likeness (QED) is 0.867. The van der Waals surface area contributed by atoms with Crippen molar-refractivity contribution in [2.24, 2.45) is 0 Å². The van der Waals surface area contributed by atoms with Crippen LogP contribution in [0.3, 0.4) is 0 Å². The molecule has 0 saturated heterocycles. The highest BCUT2D eigenvalue weighted by Gasteiger charge is 2.28. The molecule has 1 N–H and O–H groups in total. The molecule has 0 aliphatic carbocycles. The van der Waals surface area contributed by atoms with Gasteiger partial charge in [-0.05, 0) is 18.2 Å². The average molecular weight is 264 g/mol. The van der Waals surface area contributed by atoms with Gasteiger partial charge in [0.05, 0.1) is 22.3 Å². The molecule has 7 heteroatoms. The number of hydrogen-bond acceptors (Lipinski definition) is 3. The van der Waals surface area contributed by atoms with Crippen molar-refractivity contribution < 1.29 is 27.6 Å². The fourth-order valence-electron chi connectivity index (χ4n) is 1.16. The van der Waals surface area contributed by atoms with E-state index < -0.39 is 38.5 Å². The first-order chi connectivity index (χ1) is 7.97. The summed E-state index contributed by atoms with van der Waals surface area (Å²) < 4.78 is 42.5. The predicted octanol–water partition coefficient (Wildman–Crippen LogP) is 1.17. The van der Waals surface area contributed by atoms with Crippen LogP contribution in [0, 0.1) is 11.6 Å². The number of carboxylic acid groups (broad SMARTS) is 1.